The van der Waals surface area contributed by atoms with Crippen molar-refractivity contribution in [2.45, 2.75) is 13.3 Å². The molecule has 0 saturated carbocycles. The molecule has 2 aromatic carbocycles. The summed E-state index contributed by atoms with van der Waals surface area (Å²) in [6.45, 7) is 2.04. The summed E-state index contributed by atoms with van der Waals surface area (Å²) in [7, 11) is 0. The second-order valence-corrected chi connectivity index (χ2v) is 4.86. The average Bonchev–Trinajstić information content (AvgIpc) is 2.38. The lowest BCUT2D eigenvalue weighted by atomic mass is 9.85. The third-order valence-corrected chi connectivity index (χ3v) is 3.48. The molecule has 0 fully saturated rings. The molecule has 1 N–H and O–H groups in total. The van der Waals surface area contributed by atoms with Gasteiger partial charge >= 0.3 is 0 Å². The maximum absolute atomic E-state index is 11.9. The Bertz CT molecular complexity index is 696. The van der Waals surface area contributed by atoms with Crippen LogP contribution in [0.4, 0.5) is 0 Å². The van der Waals surface area contributed by atoms with Gasteiger partial charge in [0.1, 0.15) is 5.75 Å². The van der Waals surface area contributed by atoms with Crippen molar-refractivity contribution in [2.75, 3.05) is 0 Å². The number of carbonyl (C=O) groups excluding carboxylic acids is 1. The molecule has 2 heteroatoms. The highest BCUT2D eigenvalue weighted by Crippen LogP contribution is 2.33. The van der Waals surface area contributed by atoms with Crippen LogP contribution in [0.3, 0.4) is 0 Å². The van der Waals surface area contributed by atoms with Crippen LogP contribution >= 0.6 is 0 Å². The maximum Gasteiger partial charge on any atom is 0.160 e. The molecule has 1 aliphatic carbocycles. The summed E-state index contributed by atoms with van der Waals surface area (Å²) in [5, 5.41) is 9.56. The van der Waals surface area contributed by atoms with Gasteiger partial charge < -0.3 is 5.11 Å². The van der Waals surface area contributed by atoms with Gasteiger partial charge in [-0.3, -0.25) is 4.79 Å². The number of fused-ring (bicyclic) bond motifs is 1. The molecule has 0 bridgehead atoms. The largest absolute Gasteiger partial charge is 0.508 e. The summed E-state index contributed by atoms with van der Waals surface area (Å²) >= 11 is 0. The number of rotatable bonds is 1. The Kier molecular flexibility index (Phi) is 2.71. The van der Waals surface area contributed by atoms with Gasteiger partial charge in [0, 0.05) is 6.42 Å². The van der Waals surface area contributed by atoms with Crippen LogP contribution in [0.25, 0.3) is 5.57 Å². The van der Waals surface area contributed by atoms with E-state index < -0.39 is 0 Å². The van der Waals surface area contributed by atoms with Gasteiger partial charge in [0.15, 0.2) is 5.78 Å². The van der Waals surface area contributed by atoms with Gasteiger partial charge in [0.05, 0.1) is 0 Å². The van der Waals surface area contributed by atoms with Crippen LogP contribution in [-0.2, 0) is 11.2 Å². The van der Waals surface area contributed by atoms with E-state index in [1.807, 2.05) is 37.3 Å². The number of allylic oxidation sites excluding steroid dienone is 1. The van der Waals surface area contributed by atoms with Crippen molar-refractivity contribution < 1.29 is 9.90 Å². The van der Waals surface area contributed by atoms with Gasteiger partial charge in [0.2, 0.25) is 0 Å². The van der Waals surface area contributed by atoms with Gasteiger partial charge in [-0.2, -0.15) is 0 Å². The fourth-order valence-electron chi connectivity index (χ4n) is 2.56. The molecule has 0 atom stereocenters. The Morgan fingerprint density at radius 2 is 1.84 bits per heavy atom. The molecule has 0 radical (unpaired) electrons. The summed E-state index contributed by atoms with van der Waals surface area (Å²) in [5.41, 5.74) is 5.09. The highest BCUT2D eigenvalue weighted by atomic mass is 16.3. The van der Waals surface area contributed by atoms with E-state index in [2.05, 4.69) is 0 Å². The Morgan fingerprint density at radius 1 is 1.05 bits per heavy atom. The number of aryl methyl sites for hydroxylation is 1. The van der Waals surface area contributed by atoms with Crippen molar-refractivity contribution >= 4 is 11.4 Å². The molecular formula is C17H14O2. The van der Waals surface area contributed by atoms with Crippen LogP contribution in [0, 0.1) is 6.92 Å². The van der Waals surface area contributed by atoms with E-state index in [0.717, 1.165) is 27.8 Å². The molecule has 2 aromatic rings. The third-order valence-electron chi connectivity index (χ3n) is 3.48. The number of hydrogen-bond donors (Lipinski definition) is 1. The third kappa shape index (κ3) is 2.06. The number of phenolic OH excluding ortho intramolecular Hbond substituents is 1. The maximum atomic E-state index is 11.9. The van der Waals surface area contributed by atoms with E-state index in [9.17, 15) is 9.90 Å². The molecule has 0 spiro atoms. The monoisotopic (exact) mass is 250 g/mol. The molecular weight excluding hydrogens is 236 g/mol. The lowest BCUT2D eigenvalue weighted by molar-refractivity contribution is -0.114. The minimum atomic E-state index is 0.0800. The van der Waals surface area contributed by atoms with Gasteiger partial charge in [-0.1, -0.05) is 30.3 Å². The van der Waals surface area contributed by atoms with Crippen molar-refractivity contribution in [1.29, 1.82) is 0 Å². The molecule has 0 heterocycles. The summed E-state index contributed by atoms with van der Waals surface area (Å²) < 4.78 is 0. The van der Waals surface area contributed by atoms with Gasteiger partial charge in [-0.15, -0.1) is 0 Å². The Labute approximate surface area is 112 Å². The number of benzene rings is 2. The topological polar surface area (TPSA) is 37.3 Å². The first-order valence-electron chi connectivity index (χ1n) is 6.28. The predicted octanol–water partition coefficient (Wildman–Crippen LogP) is 3.26. The van der Waals surface area contributed by atoms with E-state index in [1.165, 1.54) is 0 Å². The smallest absolute Gasteiger partial charge is 0.160 e. The van der Waals surface area contributed by atoms with Crippen LogP contribution in [-0.4, -0.2) is 10.9 Å². The van der Waals surface area contributed by atoms with Crippen LogP contribution < -0.4 is 0 Å². The molecule has 1 aliphatic rings. The highest BCUT2D eigenvalue weighted by molar-refractivity contribution is 6.05. The first-order chi connectivity index (χ1) is 9.15. The lowest BCUT2D eigenvalue weighted by Gasteiger charge is -2.19. The molecule has 2 nitrogen and oxygen atoms in total. The highest BCUT2D eigenvalue weighted by Gasteiger charge is 2.19. The SMILES string of the molecule is Cc1ccccc1C1=CC(=O)Cc2cc(O)ccc21. The van der Waals surface area contributed by atoms with Gasteiger partial charge in [-0.05, 0) is 53.0 Å². The molecule has 0 aromatic heterocycles. The second kappa shape index (κ2) is 4.39. The summed E-state index contributed by atoms with van der Waals surface area (Å²) in [6, 6.07) is 13.3. The zero-order valence-electron chi connectivity index (χ0n) is 10.7. The summed E-state index contributed by atoms with van der Waals surface area (Å²) in [4.78, 5) is 11.9. The van der Waals surface area contributed by atoms with Crippen molar-refractivity contribution in [3.05, 3.63) is 70.8 Å². The van der Waals surface area contributed by atoms with E-state index in [1.54, 1.807) is 18.2 Å². The lowest BCUT2D eigenvalue weighted by Crippen LogP contribution is -2.10. The van der Waals surface area contributed by atoms with E-state index in [4.69, 9.17) is 0 Å². The number of hydrogen-bond acceptors (Lipinski definition) is 2. The fourth-order valence-corrected chi connectivity index (χ4v) is 2.56. The van der Waals surface area contributed by atoms with Crippen molar-refractivity contribution in [1.82, 2.24) is 0 Å². The quantitative estimate of drug-likeness (QED) is 0.843. The summed E-state index contributed by atoms with van der Waals surface area (Å²) in [6.07, 6.45) is 2.07. The molecule has 0 aliphatic heterocycles. The normalized spacial score (nSPS) is 13.9. The predicted molar refractivity (Wildman–Crippen MR) is 75.1 cm³/mol. The van der Waals surface area contributed by atoms with E-state index in [0.29, 0.717) is 6.42 Å². The van der Waals surface area contributed by atoms with Crippen LogP contribution in [0.1, 0.15) is 22.3 Å². The van der Waals surface area contributed by atoms with Crippen molar-refractivity contribution in [2.24, 2.45) is 0 Å². The standard InChI is InChI=1S/C17H14O2/c1-11-4-2-3-5-15(11)17-10-14(19)9-12-8-13(18)6-7-16(12)17/h2-8,10,18H,9H2,1H3. The van der Waals surface area contributed by atoms with E-state index in [-0.39, 0.29) is 11.5 Å². The molecule has 94 valence electrons. The Balaban J connectivity index is 2.22. The van der Waals surface area contributed by atoms with Crippen molar-refractivity contribution in [3.63, 3.8) is 0 Å². The Hall–Kier alpha value is -2.35. The number of carbonyl (C=O) groups is 1. The zero-order chi connectivity index (χ0) is 13.4. The number of aromatic hydroxyl groups is 1. The molecule has 0 amide bonds. The van der Waals surface area contributed by atoms with Crippen LogP contribution in [0.15, 0.2) is 48.5 Å². The molecule has 0 unspecified atom stereocenters. The van der Waals surface area contributed by atoms with Gasteiger partial charge in [0.25, 0.3) is 0 Å². The second-order valence-electron chi connectivity index (χ2n) is 4.86. The van der Waals surface area contributed by atoms with Gasteiger partial charge in [-0.25, -0.2) is 0 Å². The van der Waals surface area contributed by atoms with E-state index >= 15 is 0 Å². The Morgan fingerprint density at radius 3 is 2.63 bits per heavy atom. The van der Waals surface area contributed by atoms with Crippen molar-refractivity contribution in [3.8, 4) is 5.75 Å². The minimum absolute atomic E-state index is 0.0800. The first-order valence-corrected chi connectivity index (χ1v) is 6.28. The molecule has 19 heavy (non-hydrogen) atoms. The molecule has 0 saturated heterocycles. The summed E-state index contributed by atoms with van der Waals surface area (Å²) in [5.74, 6) is 0.286. The van der Waals surface area contributed by atoms with Crippen LogP contribution in [0.2, 0.25) is 0 Å². The molecule has 3 rings (SSSR count). The van der Waals surface area contributed by atoms with Crippen LogP contribution in [0.5, 0.6) is 5.75 Å². The zero-order valence-corrected chi connectivity index (χ0v) is 10.7. The number of phenols is 1. The fraction of sp³-hybridized carbons (Fsp3) is 0.118. The minimum Gasteiger partial charge on any atom is -0.508 e. The average molecular weight is 250 g/mol. The first kappa shape index (κ1) is 11.7. The number of ketones is 1.